The number of fused-ring (bicyclic) bond motifs is 2. The third-order valence-corrected chi connectivity index (χ3v) is 6.46. The molecule has 3 atom stereocenters. The third kappa shape index (κ3) is 1.70. The van der Waals surface area contributed by atoms with Gasteiger partial charge in [0.05, 0.1) is 7.11 Å². The highest BCUT2D eigenvalue weighted by Crippen LogP contribution is 2.61. The number of benzene rings is 1. The number of hydrogen-bond donors (Lipinski definition) is 1. The molecule has 1 aromatic carbocycles. The van der Waals surface area contributed by atoms with Gasteiger partial charge in [0, 0.05) is 11.6 Å². The lowest BCUT2D eigenvalue weighted by molar-refractivity contribution is 0.0789. The normalized spacial score (nSPS) is 35.0. The van der Waals surface area contributed by atoms with Crippen LogP contribution in [0, 0.1) is 5.41 Å². The monoisotopic (exact) mass is 287 g/mol. The van der Waals surface area contributed by atoms with Crippen LogP contribution in [0.25, 0.3) is 0 Å². The number of rotatable bonds is 1. The van der Waals surface area contributed by atoms with Gasteiger partial charge in [-0.05, 0) is 62.2 Å². The summed E-state index contributed by atoms with van der Waals surface area (Å²) in [7, 11) is 3.92. The fourth-order valence-electron chi connectivity index (χ4n) is 5.47. The largest absolute Gasteiger partial charge is 0.504 e. The van der Waals surface area contributed by atoms with E-state index in [-0.39, 0.29) is 0 Å². The fourth-order valence-corrected chi connectivity index (χ4v) is 5.47. The van der Waals surface area contributed by atoms with Gasteiger partial charge >= 0.3 is 0 Å². The summed E-state index contributed by atoms with van der Waals surface area (Å²) in [5.41, 5.74) is 2.94. The molecule has 3 nitrogen and oxygen atoms in total. The Hall–Kier alpha value is -1.22. The number of nitrogens with zero attached hydrogens (tertiary/aromatic N) is 1. The molecule has 1 heterocycles. The molecule has 2 aliphatic carbocycles. The minimum atomic E-state index is 0.393. The molecule has 1 spiro atoms. The molecular weight excluding hydrogens is 262 g/mol. The van der Waals surface area contributed by atoms with Crippen LogP contribution in [0.1, 0.15) is 49.1 Å². The fraction of sp³-hybridized carbons (Fsp3) is 0.667. The first-order valence-electron chi connectivity index (χ1n) is 8.26. The number of methoxy groups -OCH3 is 1. The molecule has 3 unspecified atom stereocenters. The Bertz CT molecular complexity index is 567. The Kier molecular flexibility index (Phi) is 2.97. The molecule has 0 radical (unpaired) electrons. The smallest absolute Gasteiger partial charge is 0.161 e. The van der Waals surface area contributed by atoms with Crippen molar-refractivity contribution in [2.24, 2.45) is 5.41 Å². The van der Waals surface area contributed by atoms with Gasteiger partial charge in [-0.1, -0.05) is 18.9 Å². The Balaban J connectivity index is 1.89. The molecular formula is C18H25NO2. The summed E-state index contributed by atoms with van der Waals surface area (Å²) in [4.78, 5) is 2.56. The highest BCUT2D eigenvalue weighted by molar-refractivity contribution is 5.54. The molecule has 0 amide bonds. The summed E-state index contributed by atoms with van der Waals surface area (Å²) >= 11 is 0. The van der Waals surface area contributed by atoms with E-state index >= 15 is 0 Å². The molecule has 0 bridgehead atoms. The van der Waals surface area contributed by atoms with Crippen molar-refractivity contribution in [2.75, 3.05) is 20.7 Å². The van der Waals surface area contributed by atoms with Gasteiger partial charge in [-0.15, -0.1) is 0 Å². The van der Waals surface area contributed by atoms with Gasteiger partial charge < -0.3 is 14.7 Å². The van der Waals surface area contributed by atoms with Crippen LogP contribution in [0.15, 0.2) is 12.1 Å². The van der Waals surface area contributed by atoms with Gasteiger partial charge in [0.15, 0.2) is 11.5 Å². The van der Waals surface area contributed by atoms with Crippen LogP contribution in [0.5, 0.6) is 11.5 Å². The SMILES string of the molecule is COc1ccc2c(c1O)C1CCCCC13CCN(C)C3C2. The maximum atomic E-state index is 10.7. The van der Waals surface area contributed by atoms with Gasteiger partial charge in [-0.2, -0.15) is 0 Å². The zero-order chi connectivity index (χ0) is 14.6. The first-order valence-corrected chi connectivity index (χ1v) is 8.26. The predicted octanol–water partition coefficient (Wildman–Crippen LogP) is 3.31. The molecule has 4 rings (SSSR count). The van der Waals surface area contributed by atoms with Crippen LogP contribution in [-0.2, 0) is 6.42 Å². The number of ether oxygens (including phenoxy) is 1. The Morgan fingerprint density at radius 3 is 2.95 bits per heavy atom. The topological polar surface area (TPSA) is 32.7 Å². The number of phenolic OH excluding ortho intramolecular Hbond substituents is 1. The number of likely N-dealkylation sites (tertiary alicyclic amines) is 1. The van der Waals surface area contributed by atoms with Crippen molar-refractivity contribution < 1.29 is 9.84 Å². The van der Waals surface area contributed by atoms with Gasteiger partial charge in [-0.3, -0.25) is 0 Å². The molecule has 1 N–H and O–H groups in total. The van der Waals surface area contributed by atoms with E-state index < -0.39 is 0 Å². The van der Waals surface area contributed by atoms with E-state index in [2.05, 4.69) is 18.0 Å². The van der Waals surface area contributed by atoms with Crippen LogP contribution >= 0.6 is 0 Å². The van der Waals surface area contributed by atoms with E-state index in [4.69, 9.17) is 4.74 Å². The molecule has 3 heteroatoms. The number of likely N-dealkylation sites (N-methyl/N-ethyl adjacent to an activating group) is 1. The second kappa shape index (κ2) is 4.64. The third-order valence-electron chi connectivity index (χ3n) is 6.46. The zero-order valence-corrected chi connectivity index (χ0v) is 13.1. The van der Waals surface area contributed by atoms with Crippen LogP contribution in [0.4, 0.5) is 0 Å². The minimum absolute atomic E-state index is 0.393. The summed E-state index contributed by atoms with van der Waals surface area (Å²) in [6, 6.07) is 4.76. The first-order chi connectivity index (χ1) is 10.2. The van der Waals surface area contributed by atoms with E-state index in [1.54, 1.807) is 7.11 Å². The van der Waals surface area contributed by atoms with Gasteiger partial charge in [0.1, 0.15) is 0 Å². The Labute approximate surface area is 126 Å². The average molecular weight is 287 g/mol. The first kappa shape index (κ1) is 13.4. The van der Waals surface area contributed by atoms with Crippen molar-refractivity contribution >= 4 is 0 Å². The molecule has 1 aromatic rings. The van der Waals surface area contributed by atoms with Crippen molar-refractivity contribution in [1.82, 2.24) is 4.90 Å². The molecule has 0 aromatic heterocycles. The van der Waals surface area contributed by atoms with Crippen molar-refractivity contribution in [3.63, 3.8) is 0 Å². The molecule has 1 saturated heterocycles. The predicted molar refractivity (Wildman–Crippen MR) is 83.0 cm³/mol. The quantitative estimate of drug-likeness (QED) is 0.860. The van der Waals surface area contributed by atoms with Gasteiger partial charge in [0.25, 0.3) is 0 Å². The Morgan fingerprint density at radius 2 is 2.14 bits per heavy atom. The maximum Gasteiger partial charge on any atom is 0.161 e. The van der Waals surface area contributed by atoms with E-state index in [0.29, 0.717) is 28.9 Å². The molecule has 21 heavy (non-hydrogen) atoms. The van der Waals surface area contributed by atoms with Crippen molar-refractivity contribution in [3.05, 3.63) is 23.3 Å². The molecule has 3 aliphatic rings. The lowest BCUT2D eigenvalue weighted by Gasteiger charge is -2.51. The van der Waals surface area contributed by atoms with Gasteiger partial charge in [-0.25, -0.2) is 0 Å². The molecule has 1 aliphatic heterocycles. The minimum Gasteiger partial charge on any atom is -0.504 e. The van der Waals surface area contributed by atoms with Crippen LogP contribution in [-0.4, -0.2) is 36.8 Å². The lowest BCUT2D eigenvalue weighted by atomic mass is 9.55. The highest BCUT2D eigenvalue weighted by atomic mass is 16.5. The number of hydrogen-bond acceptors (Lipinski definition) is 3. The van der Waals surface area contributed by atoms with Gasteiger partial charge in [0.2, 0.25) is 0 Å². The molecule has 114 valence electrons. The summed E-state index contributed by atoms with van der Waals surface area (Å²) in [6.07, 6.45) is 7.55. The van der Waals surface area contributed by atoms with Crippen molar-refractivity contribution in [1.29, 1.82) is 0 Å². The van der Waals surface area contributed by atoms with E-state index in [0.717, 1.165) is 6.42 Å². The van der Waals surface area contributed by atoms with Crippen LogP contribution in [0.3, 0.4) is 0 Å². The maximum absolute atomic E-state index is 10.7. The van der Waals surface area contributed by atoms with Crippen molar-refractivity contribution in [2.45, 2.75) is 50.5 Å². The summed E-state index contributed by atoms with van der Waals surface area (Å²) in [6.45, 7) is 1.20. The van der Waals surface area contributed by atoms with Crippen molar-refractivity contribution in [3.8, 4) is 11.5 Å². The van der Waals surface area contributed by atoms with E-state index in [1.165, 1.54) is 49.8 Å². The molecule has 2 fully saturated rings. The highest BCUT2D eigenvalue weighted by Gasteiger charge is 2.55. The summed E-state index contributed by atoms with van der Waals surface area (Å²) < 4.78 is 5.36. The van der Waals surface area contributed by atoms with E-state index in [1.807, 2.05) is 6.07 Å². The number of phenols is 1. The second-order valence-electron chi connectivity index (χ2n) is 7.17. The Morgan fingerprint density at radius 1 is 1.29 bits per heavy atom. The van der Waals surface area contributed by atoms with Crippen LogP contribution < -0.4 is 4.74 Å². The average Bonchev–Trinajstić information content (AvgIpc) is 2.82. The lowest BCUT2D eigenvalue weighted by Crippen LogP contribution is -2.48. The second-order valence-corrected chi connectivity index (χ2v) is 7.17. The standard InChI is InChI=1S/C18H25NO2/c1-19-10-9-18-8-4-3-5-13(18)16-12(11-15(18)19)6-7-14(21-2)17(16)20/h6-7,13,15,20H,3-5,8-11H2,1-2H3. The summed E-state index contributed by atoms with van der Waals surface area (Å²) in [5, 5.41) is 10.7. The van der Waals surface area contributed by atoms with Crippen LogP contribution in [0.2, 0.25) is 0 Å². The summed E-state index contributed by atoms with van der Waals surface area (Å²) in [5.74, 6) is 1.56. The number of aromatic hydroxyl groups is 1. The molecule has 1 saturated carbocycles. The zero-order valence-electron chi connectivity index (χ0n) is 13.1. The van der Waals surface area contributed by atoms with E-state index in [9.17, 15) is 5.11 Å².